The zero-order chi connectivity index (χ0) is 14.7. The molecule has 1 amide bonds. The van der Waals surface area contributed by atoms with E-state index in [2.05, 4.69) is 4.74 Å². The van der Waals surface area contributed by atoms with Crippen LogP contribution in [-0.2, 0) is 4.74 Å². The molecule has 0 radical (unpaired) electrons. The van der Waals surface area contributed by atoms with Crippen LogP contribution in [-0.4, -0.2) is 42.7 Å². The maximum absolute atomic E-state index is 12.4. The number of nitrogens with zero attached hydrogens (tertiary/aromatic N) is 1. The van der Waals surface area contributed by atoms with E-state index in [-0.39, 0.29) is 23.8 Å². The Hall–Kier alpha value is -1.69. The van der Waals surface area contributed by atoms with Crippen LogP contribution in [0.2, 0.25) is 0 Å². The van der Waals surface area contributed by atoms with E-state index in [1.807, 2.05) is 13.8 Å². The number of rotatable bonds is 3. The van der Waals surface area contributed by atoms with Crippen LogP contribution < -0.4 is 4.74 Å². The van der Waals surface area contributed by atoms with Gasteiger partial charge in [0.25, 0.3) is 5.91 Å². The summed E-state index contributed by atoms with van der Waals surface area (Å²) >= 11 is 0. The van der Waals surface area contributed by atoms with E-state index >= 15 is 0 Å². The summed E-state index contributed by atoms with van der Waals surface area (Å²) in [6.07, 6.45) is -0.0318. The van der Waals surface area contributed by atoms with E-state index in [9.17, 15) is 13.6 Å². The van der Waals surface area contributed by atoms with Crippen LogP contribution in [0.4, 0.5) is 8.78 Å². The number of morpholine rings is 1. The largest absolute Gasteiger partial charge is 0.435 e. The third-order valence-electron chi connectivity index (χ3n) is 3.17. The van der Waals surface area contributed by atoms with E-state index in [1.54, 1.807) is 11.0 Å². The van der Waals surface area contributed by atoms with Crippen molar-refractivity contribution in [3.05, 3.63) is 29.8 Å². The molecule has 1 aromatic carbocycles. The van der Waals surface area contributed by atoms with E-state index in [0.29, 0.717) is 18.7 Å². The summed E-state index contributed by atoms with van der Waals surface area (Å²) < 4.78 is 34.2. The summed E-state index contributed by atoms with van der Waals surface area (Å²) in [5.74, 6) is -0.216. The predicted molar refractivity (Wildman–Crippen MR) is 69.0 cm³/mol. The lowest BCUT2D eigenvalue weighted by molar-refractivity contribution is -0.0500. The molecule has 1 heterocycles. The Morgan fingerprint density at radius 2 is 2.20 bits per heavy atom. The van der Waals surface area contributed by atoms with Crippen molar-refractivity contribution in [1.82, 2.24) is 4.90 Å². The van der Waals surface area contributed by atoms with Crippen LogP contribution in [0, 0.1) is 0 Å². The first-order chi connectivity index (χ1) is 9.47. The van der Waals surface area contributed by atoms with Gasteiger partial charge in [0, 0.05) is 12.1 Å². The number of halogens is 2. The summed E-state index contributed by atoms with van der Waals surface area (Å²) in [5, 5.41) is 0. The van der Waals surface area contributed by atoms with Crippen molar-refractivity contribution in [1.29, 1.82) is 0 Å². The van der Waals surface area contributed by atoms with E-state index in [1.165, 1.54) is 18.2 Å². The Morgan fingerprint density at radius 3 is 2.90 bits per heavy atom. The molecule has 1 aliphatic heterocycles. The molecule has 1 aromatic rings. The average Bonchev–Trinajstić information content (AvgIpc) is 2.40. The molecule has 1 fully saturated rings. The van der Waals surface area contributed by atoms with Crippen LogP contribution in [0.1, 0.15) is 24.2 Å². The van der Waals surface area contributed by atoms with Crippen LogP contribution >= 0.6 is 0 Å². The molecule has 0 N–H and O–H groups in total. The molecule has 2 rings (SSSR count). The predicted octanol–water partition coefficient (Wildman–Crippen LogP) is 2.54. The van der Waals surface area contributed by atoms with Crippen molar-refractivity contribution in [3.8, 4) is 5.75 Å². The highest BCUT2D eigenvalue weighted by Gasteiger charge is 2.28. The molecule has 1 saturated heterocycles. The number of carbonyl (C=O) groups is 1. The van der Waals surface area contributed by atoms with Gasteiger partial charge in [-0.2, -0.15) is 8.78 Å². The molecule has 110 valence electrons. The normalized spacial score (nSPS) is 22.9. The van der Waals surface area contributed by atoms with Gasteiger partial charge in [-0.15, -0.1) is 0 Å². The minimum Gasteiger partial charge on any atom is -0.435 e. The standard InChI is InChI=1S/C14H17F2NO3/c1-9-8-19-10(2)7-17(9)13(18)11-4-3-5-12(6-11)20-14(15)16/h3-6,9-10,14H,7-8H2,1-2H3/t9-,10-/m1/s1. The molecule has 0 unspecified atom stereocenters. The van der Waals surface area contributed by atoms with Crippen LogP contribution in [0.5, 0.6) is 5.75 Å². The maximum atomic E-state index is 12.4. The van der Waals surface area contributed by atoms with E-state index < -0.39 is 6.61 Å². The first-order valence-corrected chi connectivity index (χ1v) is 6.45. The lowest BCUT2D eigenvalue weighted by atomic mass is 10.1. The third kappa shape index (κ3) is 3.45. The quantitative estimate of drug-likeness (QED) is 0.856. The van der Waals surface area contributed by atoms with Crippen molar-refractivity contribution < 1.29 is 23.0 Å². The Labute approximate surface area is 116 Å². The molecule has 0 saturated carbocycles. The van der Waals surface area contributed by atoms with Crippen molar-refractivity contribution >= 4 is 5.91 Å². The number of ether oxygens (including phenoxy) is 2. The Kier molecular flexibility index (Phi) is 4.54. The molecule has 2 atom stereocenters. The molecule has 1 aliphatic rings. The molecular formula is C14H17F2NO3. The minimum absolute atomic E-state index is 0.0141. The van der Waals surface area contributed by atoms with Gasteiger partial charge in [-0.1, -0.05) is 6.07 Å². The van der Waals surface area contributed by atoms with Gasteiger partial charge in [0.1, 0.15) is 5.75 Å². The topological polar surface area (TPSA) is 38.8 Å². The van der Waals surface area contributed by atoms with Gasteiger partial charge in [0.05, 0.1) is 18.8 Å². The highest BCUT2D eigenvalue weighted by atomic mass is 19.3. The van der Waals surface area contributed by atoms with Gasteiger partial charge >= 0.3 is 6.61 Å². The van der Waals surface area contributed by atoms with Crippen LogP contribution in [0.3, 0.4) is 0 Å². The number of benzene rings is 1. The van der Waals surface area contributed by atoms with E-state index in [0.717, 1.165) is 0 Å². The zero-order valence-electron chi connectivity index (χ0n) is 11.4. The number of hydrogen-bond acceptors (Lipinski definition) is 3. The van der Waals surface area contributed by atoms with Gasteiger partial charge in [-0.25, -0.2) is 0 Å². The fourth-order valence-corrected chi connectivity index (χ4v) is 2.16. The molecule has 20 heavy (non-hydrogen) atoms. The highest BCUT2D eigenvalue weighted by molar-refractivity contribution is 5.94. The second-order valence-corrected chi connectivity index (χ2v) is 4.86. The second kappa shape index (κ2) is 6.17. The lowest BCUT2D eigenvalue weighted by Gasteiger charge is -2.36. The van der Waals surface area contributed by atoms with Gasteiger partial charge in [-0.05, 0) is 32.0 Å². The van der Waals surface area contributed by atoms with Gasteiger partial charge in [-0.3, -0.25) is 4.79 Å². The number of carbonyl (C=O) groups excluding carboxylic acids is 1. The number of alkyl halides is 2. The van der Waals surface area contributed by atoms with Gasteiger partial charge in [0.2, 0.25) is 0 Å². The minimum atomic E-state index is -2.90. The molecule has 0 aromatic heterocycles. The Bertz CT molecular complexity index is 481. The van der Waals surface area contributed by atoms with Crippen molar-refractivity contribution in [2.24, 2.45) is 0 Å². The SMILES string of the molecule is C[C@@H]1CN(C(=O)c2cccc(OC(F)F)c2)[C@H](C)CO1. The summed E-state index contributed by atoms with van der Waals surface area (Å²) in [6, 6.07) is 5.81. The van der Waals surface area contributed by atoms with Gasteiger partial charge < -0.3 is 14.4 Å². The third-order valence-corrected chi connectivity index (χ3v) is 3.17. The zero-order valence-corrected chi connectivity index (χ0v) is 11.4. The monoisotopic (exact) mass is 285 g/mol. The van der Waals surface area contributed by atoms with E-state index in [4.69, 9.17) is 4.74 Å². The summed E-state index contributed by atoms with van der Waals surface area (Å²) in [5.41, 5.74) is 0.337. The summed E-state index contributed by atoms with van der Waals surface area (Å²) in [7, 11) is 0. The molecule has 0 spiro atoms. The van der Waals surface area contributed by atoms with Crippen molar-refractivity contribution in [3.63, 3.8) is 0 Å². The van der Waals surface area contributed by atoms with Crippen LogP contribution in [0.15, 0.2) is 24.3 Å². The fourth-order valence-electron chi connectivity index (χ4n) is 2.16. The highest BCUT2D eigenvalue weighted by Crippen LogP contribution is 2.20. The number of hydrogen-bond donors (Lipinski definition) is 0. The molecule has 6 heteroatoms. The van der Waals surface area contributed by atoms with Crippen molar-refractivity contribution in [2.75, 3.05) is 13.2 Å². The summed E-state index contributed by atoms with van der Waals surface area (Å²) in [6.45, 7) is 1.84. The Balaban J connectivity index is 2.15. The Morgan fingerprint density at radius 1 is 1.45 bits per heavy atom. The molecule has 4 nitrogen and oxygen atoms in total. The molecular weight excluding hydrogens is 268 g/mol. The smallest absolute Gasteiger partial charge is 0.387 e. The number of amides is 1. The lowest BCUT2D eigenvalue weighted by Crippen LogP contribution is -2.50. The first-order valence-electron chi connectivity index (χ1n) is 6.45. The second-order valence-electron chi connectivity index (χ2n) is 4.86. The van der Waals surface area contributed by atoms with Crippen LogP contribution in [0.25, 0.3) is 0 Å². The summed E-state index contributed by atoms with van der Waals surface area (Å²) in [4.78, 5) is 14.1. The molecule has 0 bridgehead atoms. The van der Waals surface area contributed by atoms with Gasteiger partial charge in [0.15, 0.2) is 0 Å². The van der Waals surface area contributed by atoms with Crippen molar-refractivity contribution in [2.45, 2.75) is 32.6 Å². The first kappa shape index (κ1) is 14.7. The molecule has 0 aliphatic carbocycles. The fraction of sp³-hybridized carbons (Fsp3) is 0.500. The average molecular weight is 285 g/mol. The maximum Gasteiger partial charge on any atom is 0.387 e.